The molecule has 4 heteroatoms. The molecule has 4 nitrogen and oxygen atoms in total. The number of carboxylic acid groups (broad SMARTS) is 1. The fourth-order valence-electron chi connectivity index (χ4n) is 4.15. The van der Waals surface area contributed by atoms with Gasteiger partial charge in [0.05, 0.1) is 6.61 Å². The van der Waals surface area contributed by atoms with Gasteiger partial charge in [-0.15, -0.1) is 0 Å². The molecule has 2 atom stereocenters. The van der Waals surface area contributed by atoms with Crippen molar-refractivity contribution in [3.05, 3.63) is 46.6 Å². The minimum Gasteiger partial charge on any atom is -0.507 e. The van der Waals surface area contributed by atoms with Gasteiger partial charge < -0.3 is 14.9 Å². The summed E-state index contributed by atoms with van der Waals surface area (Å²) >= 11 is 0. The maximum atomic E-state index is 11.8. The maximum absolute atomic E-state index is 11.8. The number of carboxylic acids is 1. The van der Waals surface area contributed by atoms with E-state index in [1.165, 1.54) is 5.57 Å². The highest BCUT2D eigenvalue weighted by atomic mass is 16.5. The summed E-state index contributed by atoms with van der Waals surface area (Å²) in [5.74, 6) is -0.456. The lowest BCUT2D eigenvalue weighted by Gasteiger charge is -2.35. The molecular weight excluding hydrogens is 316 g/mol. The molecular formula is C21H26O4. The highest BCUT2D eigenvalue weighted by Gasteiger charge is 2.35. The second-order valence-corrected chi connectivity index (χ2v) is 7.17. The van der Waals surface area contributed by atoms with Gasteiger partial charge >= 0.3 is 5.97 Å². The minimum atomic E-state index is -1.09. The topological polar surface area (TPSA) is 66.8 Å². The van der Waals surface area contributed by atoms with E-state index >= 15 is 0 Å². The molecule has 1 aliphatic heterocycles. The molecule has 0 spiro atoms. The Hall–Kier alpha value is -2.23. The Morgan fingerprint density at radius 1 is 1.40 bits per heavy atom. The molecule has 1 aromatic rings. The van der Waals surface area contributed by atoms with Crippen LogP contribution in [0.15, 0.2) is 29.9 Å². The molecule has 0 radical (unpaired) electrons. The molecule has 1 aliphatic carbocycles. The Kier molecular flexibility index (Phi) is 4.89. The van der Waals surface area contributed by atoms with Crippen molar-refractivity contribution >= 4 is 5.97 Å². The lowest BCUT2D eigenvalue weighted by molar-refractivity contribution is 0.0692. The van der Waals surface area contributed by atoms with Crippen LogP contribution in [0.4, 0.5) is 0 Å². The van der Waals surface area contributed by atoms with Crippen molar-refractivity contribution in [1.82, 2.24) is 0 Å². The third-order valence-corrected chi connectivity index (χ3v) is 5.40. The zero-order chi connectivity index (χ0) is 18.1. The van der Waals surface area contributed by atoms with E-state index in [0.29, 0.717) is 29.9 Å². The zero-order valence-electron chi connectivity index (χ0n) is 15.0. The predicted molar refractivity (Wildman–Crippen MR) is 97.5 cm³/mol. The van der Waals surface area contributed by atoms with Gasteiger partial charge in [-0.1, -0.05) is 37.1 Å². The summed E-state index contributed by atoms with van der Waals surface area (Å²) in [4.78, 5) is 11.8. The molecule has 0 saturated carbocycles. The molecule has 0 unspecified atom stereocenters. The summed E-state index contributed by atoms with van der Waals surface area (Å²) in [7, 11) is 0. The molecule has 0 saturated heterocycles. The van der Waals surface area contributed by atoms with Crippen molar-refractivity contribution in [2.75, 3.05) is 6.61 Å². The number of aromatic hydroxyl groups is 1. The van der Waals surface area contributed by atoms with Crippen LogP contribution < -0.4 is 4.74 Å². The number of allylic oxidation sites excluding steroid dienone is 2. The normalized spacial score (nSPS) is 22.8. The van der Waals surface area contributed by atoms with Crippen LogP contribution in [0.2, 0.25) is 0 Å². The zero-order valence-corrected chi connectivity index (χ0v) is 15.0. The summed E-state index contributed by atoms with van der Waals surface area (Å²) in [6.07, 6.45) is 6.33. The lowest BCUT2D eigenvalue weighted by Crippen LogP contribution is -2.23. The third kappa shape index (κ3) is 3.17. The molecule has 0 fully saturated rings. The fourth-order valence-corrected chi connectivity index (χ4v) is 4.15. The van der Waals surface area contributed by atoms with Gasteiger partial charge in [0, 0.05) is 17.9 Å². The van der Waals surface area contributed by atoms with Crippen LogP contribution >= 0.6 is 0 Å². The first kappa shape index (κ1) is 17.6. The van der Waals surface area contributed by atoms with Gasteiger partial charge in [-0.3, -0.25) is 0 Å². The van der Waals surface area contributed by atoms with E-state index in [1.807, 2.05) is 13.0 Å². The number of rotatable bonds is 3. The number of phenols is 1. The van der Waals surface area contributed by atoms with Gasteiger partial charge in [-0.25, -0.2) is 4.79 Å². The Labute approximate surface area is 148 Å². The van der Waals surface area contributed by atoms with Crippen molar-refractivity contribution in [2.45, 2.75) is 51.9 Å². The standard InChI is InChI=1S/C21H26O4/c1-4-5-14-11-17-19(20(22)18(14)21(23)24)16-10-12(2)6-7-15(16)13(3)8-9-25-17/h10-11,15-16,22H,3-9H2,1-2H3,(H,23,24)/t15-,16+/m0/s1. The first-order valence-electron chi connectivity index (χ1n) is 9.03. The number of benzene rings is 1. The maximum Gasteiger partial charge on any atom is 0.339 e. The van der Waals surface area contributed by atoms with E-state index < -0.39 is 5.97 Å². The second-order valence-electron chi connectivity index (χ2n) is 7.17. The average molecular weight is 342 g/mol. The first-order valence-corrected chi connectivity index (χ1v) is 9.03. The highest BCUT2D eigenvalue weighted by Crippen LogP contribution is 2.50. The molecule has 25 heavy (non-hydrogen) atoms. The van der Waals surface area contributed by atoms with Crippen LogP contribution in [0.25, 0.3) is 0 Å². The minimum absolute atomic E-state index is 0.0192. The lowest BCUT2D eigenvalue weighted by atomic mass is 9.72. The van der Waals surface area contributed by atoms with Gasteiger partial charge in [-0.2, -0.15) is 0 Å². The SMILES string of the molecule is C=C1CCOc2cc(CCC)c(C(=O)O)c(O)c2[C@@H]2C=C(C)CC[C@@H]12. The van der Waals surface area contributed by atoms with E-state index in [4.69, 9.17) is 4.74 Å². The molecule has 1 aromatic carbocycles. The van der Waals surface area contributed by atoms with Crippen LogP contribution in [-0.4, -0.2) is 22.8 Å². The van der Waals surface area contributed by atoms with Crippen LogP contribution in [0, 0.1) is 5.92 Å². The van der Waals surface area contributed by atoms with Gasteiger partial charge in [0.1, 0.15) is 17.1 Å². The number of fused-ring (bicyclic) bond motifs is 3. The largest absolute Gasteiger partial charge is 0.507 e. The monoisotopic (exact) mass is 342 g/mol. The highest BCUT2D eigenvalue weighted by molar-refractivity contribution is 5.94. The van der Waals surface area contributed by atoms with Gasteiger partial charge in [-0.05, 0) is 43.7 Å². The quantitative estimate of drug-likeness (QED) is 0.773. The van der Waals surface area contributed by atoms with Crippen LogP contribution in [0.1, 0.15) is 66.9 Å². The van der Waals surface area contributed by atoms with E-state index in [2.05, 4.69) is 19.6 Å². The van der Waals surface area contributed by atoms with Crippen LogP contribution in [-0.2, 0) is 6.42 Å². The third-order valence-electron chi connectivity index (χ3n) is 5.40. The van der Waals surface area contributed by atoms with E-state index in [9.17, 15) is 15.0 Å². The smallest absolute Gasteiger partial charge is 0.339 e. The fraction of sp³-hybridized carbons (Fsp3) is 0.476. The number of hydrogen-bond donors (Lipinski definition) is 2. The van der Waals surface area contributed by atoms with E-state index in [0.717, 1.165) is 31.3 Å². The van der Waals surface area contributed by atoms with Crippen LogP contribution in [0.3, 0.4) is 0 Å². The molecule has 2 aliphatic rings. The molecule has 0 bridgehead atoms. The van der Waals surface area contributed by atoms with E-state index in [-0.39, 0.29) is 23.1 Å². The Morgan fingerprint density at radius 2 is 2.16 bits per heavy atom. The van der Waals surface area contributed by atoms with Crippen molar-refractivity contribution in [2.24, 2.45) is 5.92 Å². The number of hydrogen-bond acceptors (Lipinski definition) is 3. The summed E-state index contributed by atoms with van der Waals surface area (Å²) < 4.78 is 5.94. The first-order chi connectivity index (χ1) is 11.9. The molecule has 0 amide bonds. The summed E-state index contributed by atoms with van der Waals surface area (Å²) in [5.41, 5.74) is 3.65. The van der Waals surface area contributed by atoms with Crippen molar-refractivity contribution < 1.29 is 19.7 Å². The van der Waals surface area contributed by atoms with Gasteiger partial charge in [0.25, 0.3) is 0 Å². The number of aromatic carboxylic acids is 1. The summed E-state index contributed by atoms with van der Waals surface area (Å²) in [6.45, 7) is 8.81. The summed E-state index contributed by atoms with van der Waals surface area (Å²) in [6, 6.07) is 1.82. The Morgan fingerprint density at radius 3 is 2.84 bits per heavy atom. The Bertz CT molecular complexity index is 745. The van der Waals surface area contributed by atoms with Crippen molar-refractivity contribution in [1.29, 1.82) is 0 Å². The van der Waals surface area contributed by atoms with Crippen molar-refractivity contribution in [3.8, 4) is 11.5 Å². The molecule has 3 rings (SSSR count). The second kappa shape index (κ2) is 6.95. The average Bonchev–Trinajstić information content (AvgIpc) is 2.53. The summed E-state index contributed by atoms with van der Waals surface area (Å²) in [5, 5.41) is 20.6. The number of carbonyl (C=O) groups is 1. The molecule has 2 N–H and O–H groups in total. The Balaban J connectivity index is 2.25. The molecule has 134 valence electrons. The van der Waals surface area contributed by atoms with Crippen LogP contribution in [0.5, 0.6) is 11.5 Å². The van der Waals surface area contributed by atoms with E-state index in [1.54, 1.807) is 0 Å². The molecule has 0 aromatic heterocycles. The van der Waals surface area contributed by atoms with Crippen molar-refractivity contribution in [3.63, 3.8) is 0 Å². The molecule has 1 heterocycles. The number of ether oxygens (including phenoxy) is 1. The number of aryl methyl sites for hydroxylation is 1. The van der Waals surface area contributed by atoms with Gasteiger partial charge in [0.15, 0.2) is 0 Å². The predicted octanol–water partition coefficient (Wildman–Crippen LogP) is 4.82. The van der Waals surface area contributed by atoms with Gasteiger partial charge in [0.2, 0.25) is 0 Å².